The maximum Gasteiger partial charge on any atom is 1.00 e. The Morgan fingerprint density at radius 2 is 0.966 bits per heavy atom. The van der Waals surface area contributed by atoms with Crippen LogP contribution in [0.1, 0.15) is 117 Å². The number of aliphatic hydroxyl groups excluding tert-OH is 2. The number of terminal acetylenes is 1. The van der Waals surface area contributed by atoms with Crippen LogP contribution in [0.3, 0.4) is 0 Å². The first-order valence-corrected chi connectivity index (χ1v) is 43.6. The summed E-state index contributed by atoms with van der Waals surface area (Å²) in [6.45, 7) is 3.95. The number of pyridine rings is 2. The van der Waals surface area contributed by atoms with Crippen LogP contribution in [-0.2, 0) is 84.0 Å². The van der Waals surface area contributed by atoms with Crippen molar-refractivity contribution in [2.45, 2.75) is 109 Å². The SMILES string of the molecule is C#Cc1ccccn1.CO.Cl.O=C1CC(CO)CCN1.O=C1CC(Cc2ccccc2)CCN1.O=CO[O-].O=P(Cl)(Cl)Cl.O=S(=O)=O.O=S(=O)=O.O=c1c2ccc(Br)cc2nc2n1CCC(Cc1ccccc1)C2.O=c1c2ccc(Br)cc2nc2n1CCC1CC21.O=c1c2ccc(C#Cc3ccccn3)cc2nc2n1CCC1CC21.[H-].[K+].[K+]. The summed E-state index contributed by atoms with van der Waals surface area (Å²) in [4.78, 5) is 93.0. The zero-order valence-electron chi connectivity index (χ0n) is 64.7. The van der Waals surface area contributed by atoms with Crippen molar-refractivity contribution in [1.29, 1.82) is 0 Å². The summed E-state index contributed by atoms with van der Waals surface area (Å²) in [6, 6.07) is 49.1. The number of piperidine rings is 2. The Bertz CT molecular complexity index is 5520. The Labute approximate surface area is 801 Å². The van der Waals surface area contributed by atoms with Crippen LogP contribution in [0.4, 0.5) is 0 Å². The molecule has 10 aromatic rings. The minimum atomic E-state index is -3.22. The number of aliphatic hydroxyl groups is 2. The molecule has 5 aliphatic heterocycles. The fourth-order valence-electron chi connectivity index (χ4n) is 13.3. The van der Waals surface area contributed by atoms with E-state index in [0.29, 0.717) is 53.0 Å². The van der Waals surface area contributed by atoms with Crippen LogP contribution in [-0.4, -0.2) is 119 Å². The van der Waals surface area contributed by atoms with Gasteiger partial charge in [-0.15, -0.1) is 44.1 Å². The van der Waals surface area contributed by atoms with Crippen molar-refractivity contribution in [3.63, 3.8) is 0 Å². The summed E-state index contributed by atoms with van der Waals surface area (Å²) >= 11 is 20.7. The van der Waals surface area contributed by atoms with E-state index in [1.54, 1.807) is 18.5 Å². The average Bonchev–Trinajstić information content (AvgIpc) is 1.58. The van der Waals surface area contributed by atoms with Crippen LogP contribution >= 0.6 is 83.2 Å². The van der Waals surface area contributed by atoms with Gasteiger partial charge in [-0.25, -0.2) is 24.9 Å². The average molecular weight is 1920 g/mol. The summed E-state index contributed by atoms with van der Waals surface area (Å²) in [5.74, 6) is 15.6. The molecule has 4 N–H and O–H groups in total. The van der Waals surface area contributed by atoms with Crippen LogP contribution in [0.2, 0.25) is 0 Å². The van der Waals surface area contributed by atoms with E-state index in [4.69, 9.17) is 66.9 Å². The zero-order chi connectivity index (χ0) is 82.9. The Hall–Kier alpha value is -5.91. The molecule has 2 saturated heterocycles. The molecule has 0 bridgehead atoms. The second kappa shape index (κ2) is 53.8. The number of carbonyl (C=O) groups is 3. The van der Waals surface area contributed by atoms with Gasteiger partial charge in [0.2, 0.25) is 11.8 Å². The third-order valence-electron chi connectivity index (χ3n) is 18.7. The number of hydrogen-bond acceptors (Lipinski definition) is 22. The molecule has 17 rings (SSSR count). The van der Waals surface area contributed by atoms with E-state index in [-0.39, 0.29) is 164 Å². The number of carbonyl (C=O) groups excluding carboxylic acids is 3. The van der Waals surface area contributed by atoms with Crippen LogP contribution in [0.5, 0.6) is 0 Å². The van der Waals surface area contributed by atoms with Crippen molar-refractivity contribution >= 4 is 155 Å². The number of fused-ring (bicyclic) bond motifs is 10. The molecule has 2 amide bonds. The van der Waals surface area contributed by atoms with Gasteiger partial charge in [-0.1, -0.05) is 116 Å². The van der Waals surface area contributed by atoms with Crippen molar-refractivity contribution in [3.8, 4) is 24.2 Å². The molecule has 38 heteroatoms. The van der Waals surface area contributed by atoms with Crippen molar-refractivity contribution in [1.82, 2.24) is 49.3 Å². The Kier molecular flexibility index (Phi) is 47.5. The van der Waals surface area contributed by atoms with Crippen molar-refractivity contribution in [2.24, 2.45) is 29.6 Å². The molecular weight excluding hydrogens is 1840 g/mol. The fourth-order valence-corrected chi connectivity index (χ4v) is 14.0. The molecule has 2 saturated carbocycles. The summed E-state index contributed by atoms with van der Waals surface area (Å²) in [5, 5.41) is 28.5. The Morgan fingerprint density at radius 1 is 0.573 bits per heavy atom. The van der Waals surface area contributed by atoms with Crippen molar-refractivity contribution in [2.75, 3.05) is 26.8 Å². The van der Waals surface area contributed by atoms with Crippen LogP contribution in [0, 0.1) is 53.8 Å². The quantitative estimate of drug-likeness (QED) is 0.0423. The molecule has 7 unspecified atom stereocenters. The van der Waals surface area contributed by atoms with Crippen LogP contribution < -0.4 is 135 Å². The molecule has 2 aliphatic carbocycles. The second-order valence-corrected chi connectivity index (χ2v) is 35.6. The van der Waals surface area contributed by atoms with E-state index in [2.05, 4.69) is 157 Å². The van der Waals surface area contributed by atoms with E-state index in [0.717, 1.165) is 163 Å². The number of nitrogens with one attached hydrogen (secondary N) is 2. The van der Waals surface area contributed by atoms with Crippen molar-refractivity contribution < 1.29 is 169 Å². The van der Waals surface area contributed by atoms with Gasteiger partial charge in [0, 0.05) is 104 Å². The summed E-state index contributed by atoms with van der Waals surface area (Å²) in [7, 11) is -5.22. The van der Waals surface area contributed by atoms with E-state index in [9.17, 15) is 28.5 Å². The summed E-state index contributed by atoms with van der Waals surface area (Å²) in [6.07, 6.45) is 20.3. The Morgan fingerprint density at radius 3 is 1.38 bits per heavy atom. The molecule has 0 spiro atoms. The minimum absolute atomic E-state index is 0. The third kappa shape index (κ3) is 35.6. The normalized spacial score (nSPS) is 17.7. The van der Waals surface area contributed by atoms with Gasteiger partial charge in [0.25, 0.3) is 23.2 Å². The molecule has 27 nitrogen and oxygen atoms in total. The van der Waals surface area contributed by atoms with E-state index < -0.39 is 26.4 Å². The number of hydrogen-bond donors (Lipinski definition) is 4. The standard InChI is InChI=1S/C20H15N3O.C19H17BrN2O.C13H11BrN2O.C12H15NO.C7H5N.C6H11NO2.CH2O3.CH4O.Cl3OP.ClH.2K.2O3S.H/c24-20-16-7-5-13(4-6-15-3-1-2-9-21-15)11-18(16)22-19-17-12-14(17)8-10-23(19)20;20-15-6-7-16-17(12-15)21-18-11-14(8-9-22(18)19(16)23)10-13-4-2-1-3-5-13;14-8-1-2-9-11(6-8)15-12-10-5-7(10)3-4-16(12)13(9)17;14-12-9-11(6-7-13-12)8-10-4-2-1-3-5-10;1-2-7-5-3-4-6-8-7;8-4-5-1-2-7-6(9)3-5;2-1-4-3;1-2;1-5(2,3)4;;;;2*1-4(2)3;/h1-3,5,7,9,11,14,17H,8,10,12H2;1-7,12,14H,8-11H2;1-2,6-7,10H,3-5H2;1-5,11H,6-9H2,(H,13,14);1,3-6H;5,8H,1-4H2,(H,7,9);1,3H;2H,1H3;;1H;;;;;/q;;;;;;;;;;2*+1;;;-1/p-1. The topological polar surface area (TPSA) is 398 Å². The van der Waals surface area contributed by atoms with Gasteiger partial charge in [0.1, 0.15) is 28.9 Å². The molecule has 7 aliphatic rings. The molecule has 10 heterocycles. The van der Waals surface area contributed by atoms with Gasteiger partial charge < -0.3 is 32.4 Å². The first-order chi connectivity index (χ1) is 54.7. The van der Waals surface area contributed by atoms with Gasteiger partial charge >= 0.3 is 129 Å². The third-order valence-corrected chi connectivity index (χ3v) is 19.6. The van der Waals surface area contributed by atoms with Gasteiger partial charge in [-0.2, -0.15) is 0 Å². The zero-order valence-corrected chi connectivity index (χ0v) is 78.7. The maximum atomic E-state index is 12.7. The first-order valence-electron chi connectivity index (χ1n) is 35.6. The summed E-state index contributed by atoms with van der Waals surface area (Å²) < 4.78 is 67.7. The van der Waals surface area contributed by atoms with Gasteiger partial charge in [0.05, 0.1) is 32.7 Å². The second-order valence-electron chi connectivity index (χ2n) is 26.3. The van der Waals surface area contributed by atoms with E-state index >= 15 is 0 Å². The maximum absolute atomic E-state index is 12.7. The molecule has 0 radical (unpaired) electrons. The molecule has 5 aromatic carbocycles. The largest absolute Gasteiger partial charge is 1.00 e. The van der Waals surface area contributed by atoms with Crippen LogP contribution in [0.25, 0.3) is 32.7 Å². The Balaban J connectivity index is 0.000000358. The van der Waals surface area contributed by atoms with Gasteiger partial charge in [-0.05, 0) is 217 Å². The number of halogens is 6. The van der Waals surface area contributed by atoms with Gasteiger partial charge in [0.15, 0.2) is 0 Å². The van der Waals surface area contributed by atoms with E-state index in [1.807, 2.05) is 111 Å². The molecule has 5 aromatic heterocycles. The van der Waals surface area contributed by atoms with Gasteiger partial charge in [-0.3, -0.25) is 47.0 Å². The number of benzene rings is 5. The summed E-state index contributed by atoms with van der Waals surface area (Å²) in [5.41, 5.74) is 7.65. The number of rotatable bonds is 6. The monoisotopic (exact) mass is 1910 g/mol. The molecule has 4 fully saturated rings. The number of amides is 2. The minimum Gasteiger partial charge on any atom is -1.00 e. The molecular formula is C79H81Br2Cl4K2N10O17PS2. The smallest absolute Gasteiger partial charge is 1.00 e. The molecule has 610 valence electrons. The van der Waals surface area contributed by atoms with E-state index in [1.165, 1.54) is 24.0 Å². The fraction of sp³-hybridized carbons (Fsp3) is 0.329. The predicted molar refractivity (Wildman–Crippen MR) is 446 cm³/mol. The number of nitrogens with zero attached hydrogens (tertiary/aromatic N) is 8. The molecule has 117 heavy (non-hydrogen) atoms. The first kappa shape index (κ1) is 103. The van der Waals surface area contributed by atoms with Crippen LogP contribution in [0.15, 0.2) is 187 Å². The predicted octanol–water partition coefficient (Wildman–Crippen LogP) is 5.04. The van der Waals surface area contributed by atoms with Crippen molar-refractivity contribution in [3.05, 3.63) is 250 Å². The molecule has 7 atom stereocenters. The number of aromatic nitrogens is 8.